The zero-order valence-corrected chi connectivity index (χ0v) is 11.0. The van der Waals surface area contributed by atoms with Crippen molar-refractivity contribution in [3.63, 3.8) is 0 Å². The lowest BCUT2D eigenvalue weighted by Gasteiger charge is -2.25. The third-order valence-corrected chi connectivity index (χ3v) is 2.95. The molecule has 2 N–H and O–H groups in total. The van der Waals surface area contributed by atoms with E-state index >= 15 is 0 Å². The largest absolute Gasteiger partial charge is 0.504 e. The Morgan fingerprint density at radius 3 is 2.56 bits per heavy atom. The molecule has 1 rings (SSSR count). The van der Waals surface area contributed by atoms with Crippen LogP contribution in [-0.4, -0.2) is 23.3 Å². The molecule has 0 bridgehead atoms. The molecule has 0 amide bonds. The van der Waals surface area contributed by atoms with Gasteiger partial charge in [0.05, 0.1) is 18.6 Å². The maximum absolute atomic E-state index is 13.6. The molecule has 0 heterocycles. The summed E-state index contributed by atoms with van der Waals surface area (Å²) in [7, 11) is 1.20. The van der Waals surface area contributed by atoms with Crippen LogP contribution in [-0.2, 0) is 10.2 Å². The van der Waals surface area contributed by atoms with Gasteiger partial charge in [0.2, 0.25) is 0 Å². The molecule has 6 heteroatoms. The van der Waals surface area contributed by atoms with Crippen molar-refractivity contribution in [2.24, 2.45) is 0 Å². The van der Waals surface area contributed by atoms with E-state index in [9.17, 15) is 14.3 Å². The standard InChI is InChI=1S/C12H14ClFO4/c1-12(2,5-8(15)16)6-4-7(13)9(14)11(18-3)10(6)17/h4,17H,5H2,1-3H3,(H,15,16). The monoisotopic (exact) mass is 276 g/mol. The van der Waals surface area contributed by atoms with Gasteiger partial charge < -0.3 is 14.9 Å². The van der Waals surface area contributed by atoms with Gasteiger partial charge >= 0.3 is 5.97 Å². The number of benzene rings is 1. The first-order valence-electron chi connectivity index (χ1n) is 5.18. The molecule has 0 atom stereocenters. The summed E-state index contributed by atoms with van der Waals surface area (Å²) >= 11 is 5.70. The van der Waals surface area contributed by atoms with Crippen LogP contribution < -0.4 is 4.74 Å². The van der Waals surface area contributed by atoms with Crippen molar-refractivity contribution in [3.05, 3.63) is 22.5 Å². The Hall–Kier alpha value is -1.49. The van der Waals surface area contributed by atoms with Crippen LogP contribution in [0.25, 0.3) is 0 Å². The van der Waals surface area contributed by atoms with E-state index in [-0.39, 0.29) is 22.8 Å². The molecule has 100 valence electrons. The van der Waals surface area contributed by atoms with Crippen molar-refractivity contribution < 1.29 is 24.1 Å². The normalized spacial score (nSPS) is 11.4. The summed E-state index contributed by atoms with van der Waals surface area (Å²) < 4.78 is 18.3. The molecule has 4 nitrogen and oxygen atoms in total. The van der Waals surface area contributed by atoms with E-state index in [1.165, 1.54) is 13.2 Å². The fourth-order valence-corrected chi connectivity index (χ4v) is 1.96. The van der Waals surface area contributed by atoms with Crippen LogP contribution >= 0.6 is 11.6 Å². The summed E-state index contributed by atoms with van der Waals surface area (Å²) in [6.07, 6.45) is -0.230. The van der Waals surface area contributed by atoms with Crippen molar-refractivity contribution in [2.45, 2.75) is 25.7 Å². The number of phenolic OH excluding ortho intramolecular Hbond substituents is 1. The fraction of sp³-hybridized carbons (Fsp3) is 0.417. The van der Waals surface area contributed by atoms with Crippen LogP contribution in [0.4, 0.5) is 4.39 Å². The molecular weight excluding hydrogens is 263 g/mol. The molecule has 0 aliphatic rings. The smallest absolute Gasteiger partial charge is 0.304 e. The Bertz CT molecular complexity index is 485. The minimum absolute atomic E-state index is 0.224. The fourth-order valence-electron chi connectivity index (χ4n) is 1.77. The Morgan fingerprint density at radius 2 is 2.11 bits per heavy atom. The van der Waals surface area contributed by atoms with Crippen LogP contribution in [0.3, 0.4) is 0 Å². The van der Waals surface area contributed by atoms with Crippen LogP contribution in [0.2, 0.25) is 5.02 Å². The first kappa shape index (κ1) is 14.6. The average molecular weight is 277 g/mol. The highest BCUT2D eigenvalue weighted by atomic mass is 35.5. The first-order valence-corrected chi connectivity index (χ1v) is 5.55. The Morgan fingerprint density at radius 1 is 1.56 bits per heavy atom. The highest BCUT2D eigenvalue weighted by Gasteiger charge is 2.31. The number of methoxy groups -OCH3 is 1. The van der Waals surface area contributed by atoms with Gasteiger partial charge in [0.15, 0.2) is 17.3 Å². The quantitative estimate of drug-likeness (QED) is 0.887. The molecule has 0 fully saturated rings. The number of carbonyl (C=O) groups is 1. The minimum Gasteiger partial charge on any atom is -0.504 e. The van der Waals surface area contributed by atoms with E-state index in [0.717, 1.165) is 0 Å². The molecule has 0 saturated carbocycles. The zero-order valence-electron chi connectivity index (χ0n) is 10.3. The summed E-state index contributed by atoms with van der Waals surface area (Å²) in [5.74, 6) is -2.70. The molecule has 1 aromatic rings. The highest BCUT2D eigenvalue weighted by Crippen LogP contribution is 2.43. The van der Waals surface area contributed by atoms with Crippen LogP contribution in [0, 0.1) is 5.82 Å². The van der Waals surface area contributed by atoms with Gasteiger partial charge in [-0.05, 0) is 6.07 Å². The van der Waals surface area contributed by atoms with E-state index in [1.54, 1.807) is 13.8 Å². The number of carboxylic acids is 1. The van der Waals surface area contributed by atoms with E-state index in [2.05, 4.69) is 0 Å². The van der Waals surface area contributed by atoms with E-state index in [0.29, 0.717) is 0 Å². The maximum Gasteiger partial charge on any atom is 0.304 e. The molecule has 0 spiro atoms. The number of carboxylic acid groups (broad SMARTS) is 1. The highest BCUT2D eigenvalue weighted by molar-refractivity contribution is 6.31. The molecule has 0 aliphatic carbocycles. The summed E-state index contributed by atoms with van der Waals surface area (Å²) in [6, 6.07) is 1.22. The van der Waals surface area contributed by atoms with Crippen molar-refractivity contribution in [2.75, 3.05) is 7.11 Å². The lowest BCUT2D eigenvalue weighted by Crippen LogP contribution is -2.22. The second-order valence-corrected chi connectivity index (χ2v) is 4.96. The molecule has 0 saturated heterocycles. The topological polar surface area (TPSA) is 66.8 Å². The number of rotatable bonds is 4. The molecular formula is C12H14ClFO4. The second kappa shape index (κ2) is 5.02. The lowest BCUT2D eigenvalue weighted by atomic mass is 9.81. The number of aliphatic carboxylic acids is 1. The second-order valence-electron chi connectivity index (χ2n) is 4.56. The van der Waals surface area contributed by atoms with Crippen molar-refractivity contribution in [1.29, 1.82) is 0 Å². The number of hydrogen-bond donors (Lipinski definition) is 2. The molecule has 0 unspecified atom stereocenters. The predicted molar refractivity (Wildman–Crippen MR) is 64.9 cm³/mol. The van der Waals surface area contributed by atoms with Crippen molar-refractivity contribution in [3.8, 4) is 11.5 Å². The van der Waals surface area contributed by atoms with Crippen LogP contribution in [0.5, 0.6) is 11.5 Å². The van der Waals surface area contributed by atoms with E-state index in [4.69, 9.17) is 21.4 Å². The molecule has 18 heavy (non-hydrogen) atoms. The lowest BCUT2D eigenvalue weighted by molar-refractivity contribution is -0.138. The molecule has 0 aliphatic heterocycles. The Balaban J connectivity index is 3.42. The third-order valence-electron chi connectivity index (χ3n) is 2.68. The summed E-state index contributed by atoms with van der Waals surface area (Å²) in [6.45, 7) is 3.23. The van der Waals surface area contributed by atoms with Gasteiger partial charge in [0, 0.05) is 11.0 Å². The predicted octanol–water partition coefficient (Wildman–Crippen LogP) is 2.95. The minimum atomic E-state index is -1.03. The zero-order chi connectivity index (χ0) is 14.1. The number of aromatic hydroxyl groups is 1. The van der Waals surface area contributed by atoms with Gasteiger partial charge in [-0.3, -0.25) is 4.79 Å². The molecule has 0 aromatic heterocycles. The molecule has 0 radical (unpaired) electrons. The van der Waals surface area contributed by atoms with Gasteiger partial charge in [-0.15, -0.1) is 0 Å². The Labute approximate surface area is 109 Å². The first-order chi connectivity index (χ1) is 8.20. The summed E-state index contributed by atoms with van der Waals surface area (Å²) in [4.78, 5) is 10.8. The van der Waals surface area contributed by atoms with Gasteiger partial charge in [-0.2, -0.15) is 0 Å². The van der Waals surface area contributed by atoms with Gasteiger partial charge in [0.1, 0.15) is 0 Å². The van der Waals surface area contributed by atoms with E-state index in [1.807, 2.05) is 0 Å². The number of phenols is 1. The van der Waals surface area contributed by atoms with Gasteiger partial charge in [-0.25, -0.2) is 4.39 Å². The average Bonchev–Trinajstić information content (AvgIpc) is 2.22. The number of halogens is 2. The summed E-state index contributed by atoms with van der Waals surface area (Å²) in [5.41, 5.74) is -0.672. The number of ether oxygens (including phenoxy) is 1. The van der Waals surface area contributed by atoms with Crippen molar-refractivity contribution in [1.82, 2.24) is 0 Å². The van der Waals surface area contributed by atoms with Gasteiger partial charge in [0.25, 0.3) is 0 Å². The molecule has 1 aromatic carbocycles. The van der Waals surface area contributed by atoms with Crippen LogP contribution in [0.1, 0.15) is 25.8 Å². The van der Waals surface area contributed by atoms with E-state index < -0.39 is 23.0 Å². The maximum atomic E-state index is 13.6. The third kappa shape index (κ3) is 2.67. The summed E-state index contributed by atoms with van der Waals surface area (Å²) in [5, 5.41) is 18.5. The van der Waals surface area contributed by atoms with Crippen molar-refractivity contribution >= 4 is 17.6 Å². The van der Waals surface area contributed by atoms with Crippen LogP contribution in [0.15, 0.2) is 6.07 Å². The Kier molecular flexibility index (Phi) is 4.06. The SMILES string of the molecule is COc1c(O)c(C(C)(C)CC(=O)O)cc(Cl)c1F. The van der Waals surface area contributed by atoms with Gasteiger partial charge in [-0.1, -0.05) is 25.4 Å². The number of hydrogen-bond acceptors (Lipinski definition) is 3.